The summed E-state index contributed by atoms with van der Waals surface area (Å²) >= 11 is 0.762. The number of thioether (sulfide) groups is 1. The summed E-state index contributed by atoms with van der Waals surface area (Å²) in [5.41, 5.74) is 1.59. The van der Waals surface area contributed by atoms with Crippen LogP contribution in [0.1, 0.15) is 18.1 Å². The quantitative estimate of drug-likeness (QED) is 0.387. The van der Waals surface area contributed by atoms with Gasteiger partial charge in [-0.05, 0) is 60.7 Å². The number of ether oxygens (including phenoxy) is 2. The summed E-state index contributed by atoms with van der Waals surface area (Å²) in [5, 5.41) is 2.14. The van der Waals surface area contributed by atoms with Crippen molar-refractivity contribution in [2.24, 2.45) is 0 Å². The van der Waals surface area contributed by atoms with Crippen molar-refractivity contribution in [3.05, 3.63) is 94.6 Å². The molecule has 0 aliphatic carbocycles. The van der Waals surface area contributed by atoms with E-state index in [1.165, 1.54) is 6.07 Å². The van der Waals surface area contributed by atoms with Crippen molar-refractivity contribution in [1.29, 1.82) is 0 Å². The molecule has 0 atom stereocenters. The average Bonchev–Trinajstić information content (AvgIpc) is 3.12. The smallest absolute Gasteiger partial charge is 0.294 e. The molecule has 0 aromatic heterocycles. The van der Waals surface area contributed by atoms with Gasteiger partial charge in [-0.3, -0.25) is 19.3 Å². The van der Waals surface area contributed by atoms with E-state index >= 15 is 0 Å². The zero-order valence-corrected chi connectivity index (χ0v) is 20.2. The number of halogens is 1. The highest BCUT2D eigenvalue weighted by Crippen LogP contribution is 2.35. The molecule has 36 heavy (non-hydrogen) atoms. The number of rotatable bonds is 9. The molecule has 7 nitrogen and oxygen atoms in total. The Bertz CT molecular complexity index is 1310. The van der Waals surface area contributed by atoms with Crippen LogP contribution in [0.5, 0.6) is 11.5 Å². The van der Waals surface area contributed by atoms with E-state index in [0.29, 0.717) is 34.9 Å². The summed E-state index contributed by atoms with van der Waals surface area (Å²) in [7, 11) is 0. The van der Waals surface area contributed by atoms with Crippen LogP contribution in [0.15, 0.2) is 77.7 Å². The largest absolute Gasteiger partial charge is 0.490 e. The summed E-state index contributed by atoms with van der Waals surface area (Å²) in [4.78, 5) is 38.7. The number of hydrogen-bond acceptors (Lipinski definition) is 6. The lowest BCUT2D eigenvalue weighted by Gasteiger charge is -2.13. The van der Waals surface area contributed by atoms with Crippen LogP contribution >= 0.6 is 11.8 Å². The lowest BCUT2D eigenvalue weighted by Crippen LogP contribution is -2.36. The van der Waals surface area contributed by atoms with Gasteiger partial charge in [-0.2, -0.15) is 0 Å². The minimum absolute atomic E-state index is 0.0238. The minimum atomic E-state index is -0.550. The zero-order chi connectivity index (χ0) is 25.5. The fraction of sp³-hybridized carbons (Fsp3) is 0.148. The molecule has 1 saturated heterocycles. The molecule has 1 fully saturated rings. The Labute approximate surface area is 211 Å². The second-order valence-corrected chi connectivity index (χ2v) is 8.69. The van der Waals surface area contributed by atoms with Crippen molar-refractivity contribution in [1.82, 2.24) is 4.90 Å². The minimum Gasteiger partial charge on any atom is -0.490 e. The lowest BCUT2D eigenvalue weighted by atomic mass is 10.1. The Morgan fingerprint density at radius 3 is 2.50 bits per heavy atom. The van der Waals surface area contributed by atoms with E-state index in [4.69, 9.17) is 9.47 Å². The van der Waals surface area contributed by atoms with Crippen LogP contribution in [-0.2, 0) is 16.2 Å². The first kappa shape index (κ1) is 25.0. The molecule has 1 aliphatic rings. The summed E-state index contributed by atoms with van der Waals surface area (Å²) in [5.74, 6) is -0.543. The van der Waals surface area contributed by atoms with Crippen molar-refractivity contribution in [2.45, 2.75) is 13.5 Å². The third-order valence-corrected chi connectivity index (χ3v) is 6.05. The van der Waals surface area contributed by atoms with Crippen molar-refractivity contribution in [3.8, 4) is 11.5 Å². The van der Waals surface area contributed by atoms with E-state index in [0.717, 1.165) is 16.7 Å². The van der Waals surface area contributed by atoms with Crippen molar-refractivity contribution in [3.63, 3.8) is 0 Å². The molecule has 0 saturated carbocycles. The monoisotopic (exact) mass is 506 g/mol. The summed E-state index contributed by atoms with van der Waals surface area (Å²) in [6.07, 6.45) is 1.56. The number of para-hydroxylation sites is 1. The number of imide groups is 1. The van der Waals surface area contributed by atoms with Crippen LogP contribution in [0.3, 0.4) is 0 Å². The van der Waals surface area contributed by atoms with Gasteiger partial charge in [0.25, 0.3) is 11.1 Å². The van der Waals surface area contributed by atoms with Crippen molar-refractivity contribution < 1.29 is 28.2 Å². The van der Waals surface area contributed by atoms with E-state index in [1.54, 1.807) is 66.7 Å². The maximum absolute atomic E-state index is 13.9. The van der Waals surface area contributed by atoms with Gasteiger partial charge in [0.2, 0.25) is 5.91 Å². The van der Waals surface area contributed by atoms with E-state index in [1.807, 2.05) is 13.0 Å². The molecule has 0 radical (unpaired) electrons. The maximum Gasteiger partial charge on any atom is 0.294 e. The number of anilines is 1. The zero-order valence-electron chi connectivity index (χ0n) is 19.4. The number of nitrogens with one attached hydrogen (secondary N) is 1. The highest BCUT2D eigenvalue weighted by atomic mass is 32.2. The third-order valence-electron chi connectivity index (χ3n) is 5.14. The molecule has 1 aliphatic heterocycles. The van der Waals surface area contributed by atoms with Gasteiger partial charge in [-0.1, -0.05) is 42.5 Å². The SMILES string of the molecule is CCOc1cc(/C=C2\SC(=O)N(CC(=O)Nc3ccccc3)C2=O)ccc1OCc1ccccc1F. The van der Waals surface area contributed by atoms with E-state index in [9.17, 15) is 18.8 Å². The second-order valence-electron chi connectivity index (χ2n) is 7.70. The number of hydrogen-bond donors (Lipinski definition) is 1. The van der Waals surface area contributed by atoms with Crippen LogP contribution in [0.25, 0.3) is 6.08 Å². The van der Waals surface area contributed by atoms with Gasteiger partial charge >= 0.3 is 0 Å². The summed E-state index contributed by atoms with van der Waals surface area (Å²) < 4.78 is 25.3. The van der Waals surface area contributed by atoms with Gasteiger partial charge in [0, 0.05) is 11.3 Å². The van der Waals surface area contributed by atoms with Crippen LogP contribution in [0, 0.1) is 5.82 Å². The second kappa shape index (κ2) is 11.5. The molecule has 9 heteroatoms. The Kier molecular flexibility index (Phi) is 8.02. The van der Waals surface area contributed by atoms with Gasteiger partial charge in [-0.25, -0.2) is 4.39 Å². The van der Waals surface area contributed by atoms with Crippen LogP contribution in [-0.4, -0.2) is 35.1 Å². The Morgan fingerprint density at radius 1 is 1.00 bits per heavy atom. The van der Waals surface area contributed by atoms with Crippen LogP contribution < -0.4 is 14.8 Å². The molecule has 3 aromatic carbocycles. The summed E-state index contributed by atoms with van der Waals surface area (Å²) in [6.45, 7) is 1.83. The molecule has 1 heterocycles. The topological polar surface area (TPSA) is 84.9 Å². The highest BCUT2D eigenvalue weighted by molar-refractivity contribution is 8.18. The van der Waals surface area contributed by atoms with Crippen LogP contribution in [0.2, 0.25) is 0 Å². The molecular formula is C27H23FN2O5S. The molecule has 0 unspecified atom stereocenters. The first-order valence-corrected chi connectivity index (χ1v) is 12.0. The fourth-order valence-electron chi connectivity index (χ4n) is 3.43. The fourth-order valence-corrected chi connectivity index (χ4v) is 4.26. The first-order chi connectivity index (χ1) is 17.4. The molecule has 184 valence electrons. The predicted octanol–water partition coefficient (Wildman–Crippen LogP) is 5.48. The number of amides is 3. The first-order valence-electron chi connectivity index (χ1n) is 11.2. The molecule has 4 rings (SSSR count). The van der Waals surface area contributed by atoms with E-state index in [2.05, 4.69) is 5.32 Å². The van der Waals surface area contributed by atoms with Gasteiger partial charge in [0.05, 0.1) is 11.5 Å². The van der Waals surface area contributed by atoms with Gasteiger partial charge < -0.3 is 14.8 Å². The highest BCUT2D eigenvalue weighted by Gasteiger charge is 2.36. The van der Waals surface area contributed by atoms with Gasteiger partial charge in [0.15, 0.2) is 11.5 Å². The number of nitrogens with zero attached hydrogens (tertiary/aromatic N) is 1. The lowest BCUT2D eigenvalue weighted by molar-refractivity contribution is -0.127. The molecule has 3 aromatic rings. The Morgan fingerprint density at radius 2 is 1.75 bits per heavy atom. The van der Waals surface area contributed by atoms with Gasteiger partial charge in [0.1, 0.15) is 19.0 Å². The number of benzene rings is 3. The maximum atomic E-state index is 13.9. The number of carbonyl (C=O) groups is 3. The molecule has 0 bridgehead atoms. The molecule has 3 amide bonds. The van der Waals surface area contributed by atoms with Gasteiger partial charge in [-0.15, -0.1) is 0 Å². The third kappa shape index (κ3) is 6.11. The average molecular weight is 507 g/mol. The standard InChI is InChI=1S/C27H23FN2O5S/c1-2-34-23-14-18(12-13-22(23)35-17-19-8-6-7-11-21(19)28)15-24-26(32)30(27(33)36-24)16-25(31)29-20-9-4-3-5-10-20/h3-15H,2,16-17H2,1H3,(H,29,31)/b24-15-. The Balaban J connectivity index is 1.46. The normalized spacial score (nSPS) is 14.3. The predicted molar refractivity (Wildman–Crippen MR) is 136 cm³/mol. The van der Waals surface area contributed by atoms with Crippen LogP contribution in [0.4, 0.5) is 14.9 Å². The molecule has 0 spiro atoms. The van der Waals surface area contributed by atoms with Crippen molar-refractivity contribution >= 4 is 40.6 Å². The summed E-state index contributed by atoms with van der Waals surface area (Å²) in [6, 6.07) is 20.2. The number of carbonyl (C=O) groups excluding carboxylic acids is 3. The van der Waals surface area contributed by atoms with E-state index < -0.39 is 17.1 Å². The van der Waals surface area contributed by atoms with E-state index in [-0.39, 0.29) is 23.9 Å². The molecule has 1 N–H and O–H groups in total. The molecular weight excluding hydrogens is 483 g/mol. The van der Waals surface area contributed by atoms with Crippen molar-refractivity contribution in [2.75, 3.05) is 18.5 Å². The Hall–Kier alpha value is -4.11.